The number of anilines is 2. The van der Waals surface area contributed by atoms with Gasteiger partial charge >= 0.3 is 5.69 Å². The Kier molecular flexibility index (Phi) is 4.27. The summed E-state index contributed by atoms with van der Waals surface area (Å²) in [6, 6.07) is 12.9. The van der Waals surface area contributed by atoms with E-state index in [0.29, 0.717) is 23.3 Å². The minimum Gasteiger partial charge on any atom is -0.326 e. The van der Waals surface area contributed by atoms with Crippen LogP contribution in [0.3, 0.4) is 0 Å². The molecule has 0 spiro atoms. The number of H-pyrrole nitrogens is 2. The first-order chi connectivity index (χ1) is 13.0. The van der Waals surface area contributed by atoms with Gasteiger partial charge in [-0.1, -0.05) is 25.1 Å². The highest BCUT2D eigenvalue weighted by Crippen LogP contribution is 2.29. The maximum absolute atomic E-state index is 12.7. The molecule has 27 heavy (non-hydrogen) atoms. The van der Waals surface area contributed by atoms with Gasteiger partial charge in [-0.25, -0.2) is 4.79 Å². The van der Waals surface area contributed by atoms with Gasteiger partial charge in [0.1, 0.15) is 0 Å². The van der Waals surface area contributed by atoms with Crippen molar-refractivity contribution < 1.29 is 9.59 Å². The fourth-order valence-corrected chi connectivity index (χ4v) is 3.54. The van der Waals surface area contributed by atoms with E-state index in [9.17, 15) is 14.4 Å². The van der Waals surface area contributed by atoms with Crippen molar-refractivity contribution in [3.63, 3.8) is 0 Å². The van der Waals surface area contributed by atoms with E-state index in [1.807, 2.05) is 31.2 Å². The molecule has 3 aromatic rings. The van der Waals surface area contributed by atoms with Crippen LogP contribution in [-0.4, -0.2) is 28.3 Å². The number of aromatic nitrogens is 2. The van der Waals surface area contributed by atoms with Crippen LogP contribution in [0.5, 0.6) is 0 Å². The van der Waals surface area contributed by atoms with E-state index < -0.39 is 5.92 Å². The van der Waals surface area contributed by atoms with Crippen molar-refractivity contribution in [2.24, 2.45) is 5.92 Å². The predicted molar refractivity (Wildman–Crippen MR) is 104 cm³/mol. The highest BCUT2D eigenvalue weighted by Gasteiger charge is 2.35. The second-order valence-corrected chi connectivity index (χ2v) is 6.72. The summed E-state index contributed by atoms with van der Waals surface area (Å²) >= 11 is 0. The van der Waals surface area contributed by atoms with Crippen molar-refractivity contribution in [2.45, 2.75) is 19.8 Å². The molecule has 0 aliphatic carbocycles. The van der Waals surface area contributed by atoms with Crippen molar-refractivity contribution in [1.29, 1.82) is 0 Å². The molecule has 7 nitrogen and oxygen atoms in total. The predicted octanol–water partition coefficient (Wildman–Crippen LogP) is 2.41. The Morgan fingerprint density at radius 2 is 1.93 bits per heavy atom. The van der Waals surface area contributed by atoms with Crippen LogP contribution in [0.25, 0.3) is 11.0 Å². The second-order valence-electron chi connectivity index (χ2n) is 6.72. The van der Waals surface area contributed by atoms with Crippen molar-refractivity contribution in [1.82, 2.24) is 9.97 Å². The lowest BCUT2D eigenvalue weighted by Crippen LogP contribution is -2.28. The molecule has 4 rings (SSSR count). The van der Waals surface area contributed by atoms with Crippen molar-refractivity contribution >= 4 is 34.2 Å². The molecule has 2 aromatic carbocycles. The van der Waals surface area contributed by atoms with Crippen LogP contribution in [0.15, 0.2) is 47.3 Å². The van der Waals surface area contributed by atoms with Crippen LogP contribution >= 0.6 is 0 Å². The molecule has 1 aromatic heterocycles. The summed E-state index contributed by atoms with van der Waals surface area (Å²) in [7, 11) is 0. The number of nitrogens with zero attached hydrogens (tertiary/aromatic N) is 1. The second kappa shape index (κ2) is 6.75. The van der Waals surface area contributed by atoms with E-state index in [2.05, 4.69) is 15.3 Å². The summed E-state index contributed by atoms with van der Waals surface area (Å²) in [5, 5.41) is 2.85. The number of carbonyl (C=O) groups is 2. The number of benzene rings is 2. The smallest absolute Gasteiger partial charge is 0.323 e. The number of rotatable bonds is 4. The van der Waals surface area contributed by atoms with Gasteiger partial charge in [0.2, 0.25) is 11.8 Å². The zero-order chi connectivity index (χ0) is 19.0. The summed E-state index contributed by atoms with van der Waals surface area (Å²) in [4.78, 5) is 43.5. The van der Waals surface area contributed by atoms with Gasteiger partial charge in [-0.3, -0.25) is 9.59 Å². The van der Waals surface area contributed by atoms with Crippen molar-refractivity contribution in [3.05, 3.63) is 58.5 Å². The molecular weight excluding hydrogens is 344 g/mol. The topological polar surface area (TPSA) is 98.1 Å². The van der Waals surface area contributed by atoms with E-state index in [-0.39, 0.29) is 23.9 Å². The maximum atomic E-state index is 12.7. The van der Waals surface area contributed by atoms with Gasteiger partial charge in [0, 0.05) is 24.3 Å². The normalized spacial score (nSPS) is 16.9. The zero-order valence-electron chi connectivity index (χ0n) is 14.9. The van der Waals surface area contributed by atoms with Crippen LogP contribution in [0.4, 0.5) is 11.4 Å². The Hall–Kier alpha value is -3.35. The van der Waals surface area contributed by atoms with E-state index in [0.717, 1.165) is 17.7 Å². The van der Waals surface area contributed by atoms with Gasteiger partial charge < -0.3 is 20.2 Å². The van der Waals surface area contributed by atoms with E-state index >= 15 is 0 Å². The van der Waals surface area contributed by atoms with E-state index in [1.54, 1.807) is 23.1 Å². The fraction of sp³-hybridized carbons (Fsp3) is 0.250. The number of imidazole rings is 1. The molecule has 3 N–H and O–H groups in total. The average molecular weight is 364 g/mol. The molecular formula is C20H20N4O3. The van der Waals surface area contributed by atoms with Crippen LogP contribution in [0, 0.1) is 5.92 Å². The third-order valence-electron chi connectivity index (χ3n) is 4.94. The molecule has 0 bridgehead atoms. The number of aryl methyl sites for hydroxylation is 1. The Bertz CT molecular complexity index is 1080. The quantitative estimate of drug-likeness (QED) is 0.663. The van der Waals surface area contributed by atoms with Gasteiger partial charge in [0.15, 0.2) is 0 Å². The number of aromatic amines is 2. The molecule has 1 saturated heterocycles. The van der Waals surface area contributed by atoms with Gasteiger partial charge in [0.25, 0.3) is 0 Å². The lowest BCUT2D eigenvalue weighted by Gasteiger charge is -2.20. The minimum atomic E-state index is -0.414. The Balaban J connectivity index is 1.50. The van der Waals surface area contributed by atoms with Crippen LogP contribution in [0.1, 0.15) is 18.9 Å². The average Bonchev–Trinajstić information content (AvgIpc) is 3.23. The van der Waals surface area contributed by atoms with Gasteiger partial charge in [0.05, 0.1) is 17.0 Å². The first-order valence-electron chi connectivity index (χ1n) is 8.96. The van der Waals surface area contributed by atoms with E-state index in [1.165, 1.54) is 0 Å². The largest absolute Gasteiger partial charge is 0.326 e. The third kappa shape index (κ3) is 3.23. The van der Waals surface area contributed by atoms with Gasteiger partial charge in [-0.05, 0) is 36.2 Å². The molecule has 138 valence electrons. The molecule has 1 fully saturated rings. The minimum absolute atomic E-state index is 0.0403. The fourth-order valence-electron chi connectivity index (χ4n) is 3.54. The SMILES string of the molecule is CCc1ccccc1N1CC(C(=O)Nc2ccc3[nH]c(=O)[nH]c3c2)CC1=O. The molecule has 1 aliphatic rings. The summed E-state index contributed by atoms with van der Waals surface area (Å²) < 4.78 is 0. The number of amides is 2. The number of hydrogen-bond acceptors (Lipinski definition) is 3. The molecule has 0 radical (unpaired) electrons. The molecule has 1 aliphatic heterocycles. The van der Waals surface area contributed by atoms with Crippen LogP contribution in [-0.2, 0) is 16.0 Å². The third-order valence-corrected chi connectivity index (χ3v) is 4.94. The number of carbonyl (C=O) groups excluding carboxylic acids is 2. The summed E-state index contributed by atoms with van der Waals surface area (Å²) in [6.45, 7) is 2.41. The summed E-state index contributed by atoms with van der Waals surface area (Å²) in [5.74, 6) is -0.651. The lowest BCUT2D eigenvalue weighted by molar-refractivity contribution is -0.122. The lowest BCUT2D eigenvalue weighted by atomic mass is 10.1. The highest BCUT2D eigenvalue weighted by atomic mass is 16.2. The Morgan fingerprint density at radius 3 is 2.74 bits per heavy atom. The van der Waals surface area contributed by atoms with Crippen molar-refractivity contribution in [3.8, 4) is 0 Å². The zero-order valence-corrected chi connectivity index (χ0v) is 14.9. The van der Waals surface area contributed by atoms with Crippen LogP contribution in [0.2, 0.25) is 0 Å². The number of nitrogens with one attached hydrogen (secondary N) is 3. The number of hydrogen-bond donors (Lipinski definition) is 3. The molecule has 0 saturated carbocycles. The number of fused-ring (bicyclic) bond motifs is 1. The molecule has 7 heteroatoms. The highest BCUT2D eigenvalue weighted by molar-refractivity contribution is 6.04. The Labute approximate surface area is 155 Å². The maximum Gasteiger partial charge on any atom is 0.323 e. The van der Waals surface area contributed by atoms with Crippen LogP contribution < -0.4 is 15.9 Å². The monoisotopic (exact) mass is 364 g/mol. The number of para-hydroxylation sites is 1. The standard InChI is InChI=1S/C20H20N4O3/c1-2-12-5-3-4-6-17(12)24-11-13(9-18(24)25)19(26)21-14-7-8-15-16(10-14)23-20(27)22-15/h3-8,10,13H,2,9,11H2,1H3,(H,21,26)(H2,22,23,27). The first-order valence-corrected chi connectivity index (χ1v) is 8.96. The van der Waals surface area contributed by atoms with Crippen molar-refractivity contribution in [2.75, 3.05) is 16.8 Å². The summed E-state index contributed by atoms with van der Waals surface area (Å²) in [6.07, 6.45) is 1.01. The molecule has 2 amide bonds. The molecule has 1 unspecified atom stereocenters. The summed E-state index contributed by atoms with van der Waals surface area (Å²) in [5.41, 5.74) is 3.57. The van der Waals surface area contributed by atoms with E-state index in [4.69, 9.17) is 0 Å². The first kappa shape index (κ1) is 17.1. The van der Waals surface area contributed by atoms with Gasteiger partial charge in [-0.2, -0.15) is 0 Å². The molecule has 2 heterocycles. The van der Waals surface area contributed by atoms with Gasteiger partial charge in [-0.15, -0.1) is 0 Å². The Morgan fingerprint density at radius 1 is 1.15 bits per heavy atom. The molecule has 1 atom stereocenters.